The Morgan fingerprint density at radius 2 is 2.33 bits per heavy atom. The number of rotatable bonds is 6. The topological polar surface area (TPSA) is 42.7 Å². The van der Waals surface area contributed by atoms with E-state index in [1.807, 2.05) is 25.0 Å². The summed E-state index contributed by atoms with van der Waals surface area (Å²) < 4.78 is 1.85. The van der Waals surface area contributed by atoms with Crippen molar-refractivity contribution in [3.63, 3.8) is 0 Å². The summed E-state index contributed by atoms with van der Waals surface area (Å²) in [6.07, 6.45) is 7.20. The molecule has 0 fully saturated rings. The summed E-state index contributed by atoms with van der Waals surface area (Å²) in [7, 11) is 3.98. The van der Waals surface area contributed by atoms with E-state index >= 15 is 0 Å². The van der Waals surface area contributed by atoms with Gasteiger partial charge >= 0.3 is 0 Å². The molecule has 2 heterocycles. The molecule has 5 heteroatoms. The molecule has 2 aromatic heterocycles. The van der Waals surface area contributed by atoms with E-state index in [9.17, 15) is 0 Å². The molecule has 0 aliphatic rings. The van der Waals surface area contributed by atoms with Crippen LogP contribution in [0.15, 0.2) is 17.8 Å². The number of thiazole rings is 1. The molecule has 98 valence electrons. The second kappa shape index (κ2) is 6.11. The monoisotopic (exact) mass is 264 g/mol. The smallest absolute Gasteiger partial charge is 0.0897 e. The van der Waals surface area contributed by atoms with Gasteiger partial charge in [-0.3, -0.25) is 4.68 Å². The molecule has 2 rings (SSSR count). The second-order valence-electron chi connectivity index (χ2n) is 4.61. The van der Waals surface area contributed by atoms with Crippen LogP contribution in [0.1, 0.15) is 22.7 Å². The third-order valence-corrected chi connectivity index (χ3v) is 3.89. The maximum absolute atomic E-state index is 4.52. The zero-order valence-electron chi connectivity index (χ0n) is 11.2. The highest BCUT2D eigenvalue weighted by Gasteiger charge is 2.10. The van der Waals surface area contributed by atoms with Crippen LogP contribution in [-0.4, -0.2) is 27.9 Å². The van der Waals surface area contributed by atoms with Crippen molar-refractivity contribution < 1.29 is 0 Å². The fourth-order valence-electron chi connectivity index (χ4n) is 2.04. The average molecular weight is 264 g/mol. The van der Waals surface area contributed by atoms with Crippen molar-refractivity contribution >= 4 is 11.3 Å². The van der Waals surface area contributed by atoms with Crippen LogP contribution in [0.2, 0.25) is 0 Å². The Morgan fingerprint density at radius 3 is 2.89 bits per heavy atom. The Kier molecular flexibility index (Phi) is 4.49. The van der Waals surface area contributed by atoms with Crippen LogP contribution < -0.4 is 5.32 Å². The van der Waals surface area contributed by atoms with Crippen LogP contribution in [0, 0.1) is 6.92 Å². The molecule has 18 heavy (non-hydrogen) atoms. The highest BCUT2D eigenvalue weighted by Crippen LogP contribution is 2.12. The van der Waals surface area contributed by atoms with E-state index in [0.29, 0.717) is 6.04 Å². The molecule has 0 aliphatic carbocycles. The maximum Gasteiger partial charge on any atom is 0.0897 e. The molecule has 0 bridgehead atoms. The SMILES string of the molecule is CNC(CCc1cnn(C)c1)Cc1csc(C)n1. The molecule has 0 amide bonds. The number of hydrogen-bond donors (Lipinski definition) is 1. The van der Waals surface area contributed by atoms with E-state index in [1.54, 1.807) is 11.3 Å². The fraction of sp³-hybridized carbons (Fsp3) is 0.538. The van der Waals surface area contributed by atoms with Gasteiger partial charge < -0.3 is 5.32 Å². The first-order valence-electron chi connectivity index (χ1n) is 6.23. The number of nitrogens with one attached hydrogen (secondary N) is 1. The fourth-order valence-corrected chi connectivity index (χ4v) is 2.67. The first-order chi connectivity index (χ1) is 8.67. The normalized spacial score (nSPS) is 12.8. The van der Waals surface area contributed by atoms with Crippen LogP contribution in [0.25, 0.3) is 0 Å². The summed E-state index contributed by atoms with van der Waals surface area (Å²) in [5.41, 5.74) is 2.50. The van der Waals surface area contributed by atoms with Crippen molar-refractivity contribution in [2.45, 2.75) is 32.2 Å². The van der Waals surface area contributed by atoms with Gasteiger partial charge in [0.15, 0.2) is 0 Å². The first-order valence-corrected chi connectivity index (χ1v) is 7.11. The zero-order valence-corrected chi connectivity index (χ0v) is 12.0. The Balaban J connectivity index is 1.85. The molecule has 0 aromatic carbocycles. The average Bonchev–Trinajstić information content (AvgIpc) is 2.93. The molecule has 0 spiro atoms. The lowest BCUT2D eigenvalue weighted by Gasteiger charge is -2.14. The number of nitrogens with zero attached hydrogens (tertiary/aromatic N) is 3. The van der Waals surface area contributed by atoms with E-state index in [-0.39, 0.29) is 0 Å². The van der Waals surface area contributed by atoms with E-state index in [1.165, 1.54) is 11.3 Å². The van der Waals surface area contributed by atoms with Gasteiger partial charge in [-0.25, -0.2) is 4.98 Å². The van der Waals surface area contributed by atoms with E-state index in [0.717, 1.165) is 24.3 Å². The van der Waals surface area contributed by atoms with Crippen molar-refractivity contribution in [1.29, 1.82) is 0 Å². The molecule has 0 saturated heterocycles. The van der Waals surface area contributed by atoms with Crippen LogP contribution in [0.5, 0.6) is 0 Å². The van der Waals surface area contributed by atoms with Crippen LogP contribution in [0.3, 0.4) is 0 Å². The predicted molar refractivity (Wildman–Crippen MR) is 74.9 cm³/mol. The van der Waals surface area contributed by atoms with E-state index in [4.69, 9.17) is 0 Å². The Hall–Kier alpha value is -1.20. The van der Waals surface area contributed by atoms with Gasteiger partial charge in [0.2, 0.25) is 0 Å². The van der Waals surface area contributed by atoms with Gasteiger partial charge in [0.25, 0.3) is 0 Å². The van der Waals surface area contributed by atoms with Crippen LogP contribution in [-0.2, 0) is 19.9 Å². The highest BCUT2D eigenvalue weighted by atomic mass is 32.1. The van der Waals surface area contributed by atoms with Gasteiger partial charge in [0.1, 0.15) is 0 Å². The van der Waals surface area contributed by atoms with Gasteiger partial charge in [-0.05, 0) is 32.4 Å². The number of aromatic nitrogens is 3. The minimum atomic E-state index is 0.478. The van der Waals surface area contributed by atoms with Crippen LogP contribution >= 0.6 is 11.3 Å². The Bertz CT molecular complexity index is 489. The predicted octanol–water partition coefficient (Wildman–Crippen LogP) is 1.95. The molecule has 2 aromatic rings. The molecule has 0 radical (unpaired) electrons. The molecule has 4 nitrogen and oxygen atoms in total. The van der Waals surface area contributed by atoms with E-state index in [2.05, 4.69) is 33.9 Å². The zero-order chi connectivity index (χ0) is 13.0. The summed E-state index contributed by atoms with van der Waals surface area (Å²) >= 11 is 1.72. The third kappa shape index (κ3) is 3.65. The van der Waals surface area contributed by atoms with Gasteiger partial charge in [-0.15, -0.1) is 11.3 Å². The van der Waals surface area contributed by atoms with E-state index < -0.39 is 0 Å². The lowest BCUT2D eigenvalue weighted by molar-refractivity contribution is 0.516. The first kappa shape index (κ1) is 13.2. The molecule has 1 N–H and O–H groups in total. The lowest BCUT2D eigenvalue weighted by Crippen LogP contribution is -2.28. The van der Waals surface area contributed by atoms with Crippen molar-refractivity contribution in [3.05, 3.63) is 34.0 Å². The second-order valence-corrected chi connectivity index (χ2v) is 5.67. The quantitative estimate of drug-likeness (QED) is 0.867. The largest absolute Gasteiger partial charge is 0.317 e. The summed E-state index contributed by atoms with van der Waals surface area (Å²) in [6, 6.07) is 0.478. The Morgan fingerprint density at radius 1 is 1.50 bits per heavy atom. The molecule has 1 atom stereocenters. The van der Waals surface area contributed by atoms with Crippen LogP contribution in [0.4, 0.5) is 0 Å². The molecule has 0 saturated carbocycles. The highest BCUT2D eigenvalue weighted by molar-refractivity contribution is 7.09. The van der Waals surface area contributed by atoms with Gasteiger partial charge in [0.05, 0.1) is 16.9 Å². The standard InChI is InChI=1S/C13H20N4S/c1-10-16-13(9-18-10)6-12(14-2)5-4-11-7-15-17(3)8-11/h7-9,12,14H,4-6H2,1-3H3. The third-order valence-electron chi connectivity index (χ3n) is 3.07. The lowest BCUT2D eigenvalue weighted by atomic mass is 10.0. The van der Waals surface area contributed by atoms with Gasteiger partial charge in [-0.1, -0.05) is 0 Å². The number of likely N-dealkylation sites (N-methyl/N-ethyl adjacent to an activating group) is 1. The minimum Gasteiger partial charge on any atom is -0.317 e. The molecule has 0 aliphatic heterocycles. The molecular weight excluding hydrogens is 244 g/mol. The minimum absolute atomic E-state index is 0.478. The summed E-state index contributed by atoms with van der Waals surface area (Å²) in [4.78, 5) is 4.52. The van der Waals surface area contributed by atoms with Gasteiger partial charge in [-0.2, -0.15) is 5.10 Å². The van der Waals surface area contributed by atoms with Crippen molar-refractivity contribution in [3.8, 4) is 0 Å². The summed E-state index contributed by atoms with van der Waals surface area (Å²) in [5, 5.41) is 10.9. The summed E-state index contributed by atoms with van der Waals surface area (Å²) in [6.45, 7) is 2.05. The molecule has 1 unspecified atom stereocenters. The maximum atomic E-state index is 4.52. The van der Waals surface area contributed by atoms with Crippen molar-refractivity contribution in [1.82, 2.24) is 20.1 Å². The Labute approximate surface area is 112 Å². The van der Waals surface area contributed by atoms with Gasteiger partial charge in [0, 0.05) is 31.1 Å². The number of hydrogen-bond acceptors (Lipinski definition) is 4. The number of aryl methyl sites for hydroxylation is 3. The van der Waals surface area contributed by atoms with Crippen molar-refractivity contribution in [2.75, 3.05) is 7.05 Å². The molecular formula is C13H20N4S. The van der Waals surface area contributed by atoms with Crippen molar-refractivity contribution in [2.24, 2.45) is 7.05 Å². The summed E-state index contributed by atoms with van der Waals surface area (Å²) in [5.74, 6) is 0.